The molecule has 7 heteroatoms. The highest BCUT2D eigenvalue weighted by atomic mass is 32.2. The SMILES string of the molecule is CCCNC(=O)C(C)NC1CCN(S(C)(=O)=O)CC1. The van der Waals surface area contributed by atoms with Gasteiger partial charge in [-0.25, -0.2) is 12.7 Å². The lowest BCUT2D eigenvalue weighted by Crippen LogP contribution is -2.51. The molecule has 19 heavy (non-hydrogen) atoms. The molecule has 1 fully saturated rings. The van der Waals surface area contributed by atoms with Crippen molar-refractivity contribution < 1.29 is 13.2 Å². The van der Waals surface area contributed by atoms with Crippen molar-refractivity contribution in [1.82, 2.24) is 14.9 Å². The number of carbonyl (C=O) groups is 1. The minimum absolute atomic E-state index is 0.00685. The van der Waals surface area contributed by atoms with Gasteiger partial charge in [0.05, 0.1) is 12.3 Å². The van der Waals surface area contributed by atoms with Crippen LogP contribution in [0, 0.1) is 0 Å². The van der Waals surface area contributed by atoms with Gasteiger partial charge in [-0.05, 0) is 26.2 Å². The second-order valence-corrected chi connectivity index (χ2v) is 7.10. The number of amides is 1. The number of nitrogens with one attached hydrogen (secondary N) is 2. The third-order valence-electron chi connectivity index (χ3n) is 3.35. The Morgan fingerprint density at radius 3 is 2.42 bits per heavy atom. The molecule has 1 unspecified atom stereocenters. The van der Waals surface area contributed by atoms with Gasteiger partial charge in [0, 0.05) is 25.7 Å². The Morgan fingerprint density at radius 1 is 1.37 bits per heavy atom. The Balaban J connectivity index is 2.34. The van der Waals surface area contributed by atoms with Crippen LogP contribution in [0.5, 0.6) is 0 Å². The van der Waals surface area contributed by atoms with Crippen molar-refractivity contribution in [3.63, 3.8) is 0 Å². The van der Waals surface area contributed by atoms with Gasteiger partial charge >= 0.3 is 0 Å². The Kier molecular flexibility index (Phi) is 6.22. The summed E-state index contributed by atoms with van der Waals surface area (Å²) >= 11 is 0. The van der Waals surface area contributed by atoms with Crippen molar-refractivity contribution in [2.24, 2.45) is 0 Å². The summed E-state index contributed by atoms with van der Waals surface area (Å²) in [4.78, 5) is 11.7. The quantitative estimate of drug-likeness (QED) is 0.717. The van der Waals surface area contributed by atoms with Gasteiger partial charge in [-0.1, -0.05) is 6.92 Å². The van der Waals surface area contributed by atoms with Gasteiger partial charge in [-0.2, -0.15) is 0 Å². The van der Waals surface area contributed by atoms with Crippen molar-refractivity contribution in [2.75, 3.05) is 25.9 Å². The summed E-state index contributed by atoms with van der Waals surface area (Å²) in [7, 11) is -3.08. The summed E-state index contributed by atoms with van der Waals surface area (Å²) in [5.74, 6) is 0.00685. The Morgan fingerprint density at radius 2 is 1.95 bits per heavy atom. The molecule has 6 nitrogen and oxygen atoms in total. The zero-order valence-electron chi connectivity index (χ0n) is 12.0. The van der Waals surface area contributed by atoms with Gasteiger partial charge in [-0.15, -0.1) is 0 Å². The zero-order valence-corrected chi connectivity index (χ0v) is 12.8. The largest absolute Gasteiger partial charge is 0.355 e. The van der Waals surface area contributed by atoms with E-state index in [0.29, 0.717) is 19.6 Å². The molecule has 0 aromatic rings. The molecule has 2 N–H and O–H groups in total. The molecule has 1 aliphatic heterocycles. The van der Waals surface area contributed by atoms with Gasteiger partial charge in [-0.3, -0.25) is 4.79 Å². The van der Waals surface area contributed by atoms with Crippen LogP contribution in [0.3, 0.4) is 0 Å². The van der Waals surface area contributed by atoms with Gasteiger partial charge in [0.1, 0.15) is 0 Å². The summed E-state index contributed by atoms with van der Waals surface area (Å²) in [6, 6.07) is -0.0262. The standard InChI is InChI=1S/C12H25N3O3S/c1-4-7-13-12(16)10(2)14-11-5-8-15(9-6-11)19(3,17)18/h10-11,14H,4-9H2,1-3H3,(H,13,16). The summed E-state index contributed by atoms with van der Waals surface area (Å²) in [5.41, 5.74) is 0. The minimum Gasteiger partial charge on any atom is -0.355 e. The first-order valence-corrected chi connectivity index (χ1v) is 8.68. The lowest BCUT2D eigenvalue weighted by molar-refractivity contribution is -0.123. The third-order valence-corrected chi connectivity index (χ3v) is 4.65. The molecular weight excluding hydrogens is 266 g/mol. The van der Waals surface area contributed by atoms with Gasteiger partial charge in [0.15, 0.2) is 0 Å². The molecule has 0 aromatic heterocycles. The molecule has 0 saturated carbocycles. The minimum atomic E-state index is -3.08. The first-order valence-electron chi connectivity index (χ1n) is 6.83. The van der Waals surface area contributed by atoms with Crippen molar-refractivity contribution in [3.8, 4) is 0 Å². The topological polar surface area (TPSA) is 78.5 Å². The first-order chi connectivity index (χ1) is 8.84. The maximum atomic E-state index is 11.7. The molecule has 0 spiro atoms. The van der Waals surface area contributed by atoms with Crippen LogP contribution in [0.1, 0.15) is 33.1 Å². The molecule has 1 aliphatic rings. The van der Waals surface area contributed by atoms with E-state index in [-0.39, 0.29) is 18.0 Å². The normalized spacial score (nSPS) is 20.2. The van der Waals surface area contributed by atoms with E-state index in [4.69, 9.17) is 0 Å². The van der Waals surface area contributed by atoms with Crippen molar-refractivity contribution in [3.05, 3.63) is 0 Å². The van der Waals surface area contributed by atoms with Crippen LogP contribution in [0.15, 0.2) is 0 Å². The highest BCUT2D eigenvalue weighted by molar-refractivity contribution is 7.88. The van der Waals surface area contributed by atoms with Crippen LogP contribution in [-0.2, 0) is 14.8 Å². The summed E-state index contributed by atoms with van der Waals surface area (Å²) in [6.45, 7) is 5.60. The number of hydrogen-bond acceptors (Lipinski definition) is 4. The van der Waals surface area contributed by atoms with Crippen LogP contribution in [-0.4, -0.2) is 56.6 Å². The molecule has 0 aromatic carbocycles. The Bertz CT molecular complexity index is 389. The Hall–Kier alpha value is -0.660. The van der Waals surface area contributed by atoms with Crippen LogP contribution < -0.4 is 10.6 Å². The van der Waals surface area contributed by atoms with Crippen LogP contribution >= 0.6 is 0 Å². The predicted octanol–water partition coefficient (Wildman–Crippen LogP) is -0.0853. The highest BCUT2D eigenvalue weighted by Gasteiger charge is 2.26. The molecular formula is C12H25N3O3S. The highest BCUT2D eigenvalue weighted by Crippen LogP contribution is 2.13. The van der Waals surface area contributed by atoms with E-state index < -0.39 is 10.0 Å². The van der Waals surface area contributed by atoms with Gasteiger partial charge in [0.25, 0.3) is 0 Å². The van der Waals surface area contributed by atoms with Crippen LogP contribution in [0.25, 0.3) is 0 Å². The predicted molar refractivity (Wildman–Crippen MR) is 75.3 cm³/mol. The van der Waals surface area contributed by atoms with Crippen molar-refractivity contribution in [2.45, 2.75) is 45.2 Å². The fourth-order valence-corrected chi connectivity index (χ4v) is 3.06. The molecule has 1 rings (SSSR count). The number of piperidine rings is 1. The van der Waals surface area contributed by atoms with E-state index in [1.54, 1.807) is 0 Å². The molecule has 112 valence electrons. The molecule has 1 saturated heterocycles. The second-order valence-electron chi connectivity index (χ2n) is 5.12. The molecule has 1 atom stereocenters. The number of hydrogen-bond donors (Lipinski definition) is 2. The monoisotopic (exact) mass is 291 g/mol. The van der Waals surface area contributed by atoms with Gasteiger partial charge in [0.2, 0.25) is 15.9 Å². The maximum absolute atomic E-state index is 11.7. The number of sulfonamides is 1. The molecule has 0 aliphatic carbocycles. The van der Waals surface area contributed by atoms with Crippen molar-refractivity contribution >= 4 is 15.9 Å². The fourth-order valence-electron chi connectivity index (χ4n) is 2.18. The average Bonchev–Trinajstić information content (AvgIpc) is 2.35. The van der Waals surface area contributed by atoms with E-state index in [1.165, 1.54) is 10.6 Å². The number of nitrogens with zero attached hydrogens (tertiary/aromatic N) is 1. The Labute approximate surface area is 116 Å². The van der Waals surface area contributed by atoms with Crippen molar-refractivity contribution in [1.29, 1.82) is 0 Å². The summed E-state index contributed by atoms with van der Waals surface area (Å²) < 4.78 is 24.3. The molecule has 1 amide bonds. The number of rotatable bonds is 6. The zero-order chi connectivity index (χ0) is 14.5. The van der Waals surface area contributed by atoms with E-state index in [1.807, 2.05) is 13.8 Å². The molecule has 0 bridgehead atoms. The summed E-state index contributed by atoms with van der Waals surface area (Å²) in [5, 5.41) is 6.11. The number of carbonyl (C=O) groups excluding carboxylic acids is 1. The lowest BCUT2D eigenvalue weighted by Gasteiger charge is -2.32. The first kappa shape index (κ1) is 16.4. The lowest BCUT2D eigenvalue weighted by atomic mass is 10.1. The van der Waals surface area contributed by atoms with E-state index >= 15 is 0 Å². The van der Waals surface area contributed by atoms with E-state index in [9.17, 15) is 13.2 Å². The van der Waals surface area contributed by atoms with E-state index in [2.05, 4.69) is 10.6 Å². The fraction of sp³-hybridized carbons (Fsp3) is 0.917. The molecule has 1 heterocycles. The average molecular weight is 291 g/mol. The smallest absolute Gasteiger partial charge is 0.236 e. The third kappa shape index (κ3) is 5.46. The van der Waals surface area contributed by atoms with Crippen LogP contribution in [0.2, 0.25) is 0 Å². The van der Waals surface area contributed by atoms with Gasteiger partial charge < -0.3 is 10.6 Å². The van der Waals surface area contributed by atoms with E-state index in [0.717, 1.165) is 19.3 Å². The second kappa shape index (κ2) is 7.21. The molecule has 0 radical (unpaired) electrons. The maximum Gasteiger partial charge on any atom is 0.236 e. The van der Waals surface area contributed by atoms with Crippen LogP contribution in [0.4, 0.5) is 0 Å². The summed E-state index contributed by atoms with van der Waals surface area (Å²) in [6.07, 6.45) is 3.66.